The number of amides is 1. The molecule has 0 radical (unpaired) electrons. The van der Waals surface area contributed by atoms with Gasteiger partial charge in [-0.2, -0.15) is 0 Å². The number of hydrogen-bond donors (Lipinski definition) is 0. The predicted molar refractivity (Wildman–Crippen MR) is 111 cm³/mol. The zero-order valence-corrected chi connectivity index (χ0v) is 17.3. The van der Waals surface area contributed by atoms with Gasteiger partial charge < -0.3 is 9.47 Å². The summed E-state index contributed by atoms with van der Waals surface area (Å²) in [6.45, 7) is 3.88. The number of carbonyl (C=O) groups excluding carboxylic acids is 1. The first-order chi connectivity index (χ1) is 13.3. The number of benzene rings is 1. The summed E-state index contributed by atoms with van der Waals surface area (Å²) in [5, 5.41) is 0.239. The minimum absolute atomic E-state index is 0.0105. The van der Waals surface area contributed by atoms with Crippen molar-refractivity contribution >= 4 is 51.4 Å². The average molecular weight is 439 g/mol. The van der Waals surface area contributed by atoms with Crippen LogP contribution < -0.4 is 5.56 Å². The number of fused-ring (bicyclic) bond motifs is 1. The Bertz CT molecular complexity index is 1160. The molecule has 0 atom stereocenters. The van der Waals surface area contributed by atoms with E-state index in [0.717, 1.165) is 11.3 Å². The van der Waals surface area contributed by atoms with Crippen LogP contribution in [-0.4, -0.2) is 32.0 Å². The Morgan fingerprint density at radius 3 is 2.93 bits per heavy atom. The van der Waals surface area contributed by atoms with E-state index in [1.165, 1.54) is 35.0 Å². The summed E-state index contributed by atoms with van der Waals surface area (Å²) in [5.74, 6) is -0.868. The Morgan fingerprint density at radius 2 is 2.25 bits per heavy atom. The molecule has 146 valence electrons. The molecule has 3 aromatic rings. The SMILES string of the molecule is C=CCn1c(=S)sc2c(=O)n(CC(=O)N(C)Cc3c(F)cccc3Cl)cnc21. The monoisotopic (exact) mass is 438 g/mol. The van der Waals surface area contributed by atoms with Crippen LogP contribution in [0.4, 0.5) is 4.39 Å². The van der Waals surface area contributed by atoms with Gasteiger partial charge in [0.1, 0.15) is 23.4 Å². The predicted octanol–water partition coefficient (Wildman–Crippen LogP) is 3.63. The summed E-state index contributed by atoms with van der Waals surface area (Å²) in [5.41, 5.74) is 0.338. The fourth-order valence-corrected chi connectivity index (χ4v) is 4.19. The standard InChI is InChI=1S/C18H16ClFN4O2S2/c1-3-7-24-16-15(28-18(24)27)17(26)23(10-21-16)9-14(25)22(2)8-11-12(19)5-4-6-13(11)20/h3-6,10H,1,7-9H2,2H3. The van der Waals surface area contributed by atoms with Crippen molar-refractivity contribution in [2.75, 3.05) is 7.05 Å². The summed E-state index contributed by atoms with van der Waals surface area (Å²) >= 11 is 12.4. The molecule has 0 N–H and O–H groups in total. The van der Waals surface area contributed by atoms with Gasteiger partial charge in [-0.3, -0.25) is 14.2 Å². The highest BCUT2D eigenvalue weighted by atomic mass is 35.5. The molecule has 28 heavy (non-hydrogen) atoms. The highest BCUT2D eigenvalue weighted by molar-refractivity contribution is 7.73. The molecule has 0 aliphatic carbocycles. The number of rotatable bonds is 6. The molecule has 3 rings (SSSR count). The molecule has 10 heteroatoms. The van der Waals surface area contributed by atoms with Gasteiger partial charge in [0, 0.05) is 30.7 Å². The number of nitrogens with zero attached hydrogens (tertiary/aromatic N) is 4. The van der Waals surface area contributed by atoms with E-state index in [0.29, 0.717) is 20.8 Å². The van der Waals surface area contributed by atoms with E-state index < -0.39 is 5.82 Å². The molecule has 0 aliphatic heterocycles. The zero-order chi connectivity index (χ0) is 20.4. The Morgan fingerprint density at radius 1 is 1.50 bits per heavy atom. The first-order valence-electron chi connectivity index (χ1n) is 8.20. The number of halogens is 2. The smallest absolute Gasteiger partial charge is 0.273 e. The third-order valence-corrected chi connectivity index (χ3v) is 5.92. The minimum atomic E-state index is -0.490. The molecule has 6 nitrogen and oxygen atoms in total. The summed E-state index contributed by atoms with van der Waals surface area (Å²) in [6, 6.07) is 4.34. The van der Waals surface area contributed by atoms with Crippen LogP contribution in [0.15, 0.2) is 42.0 Å². The molecule has 1 amide bonds. The lowest BCUT2D eigenvalue weighted by atomic mass is 10.2. The van der Waals surface area contributed by atoms with Crippen LogP contribution in [0.5, 0.6) is 0 Å². The van der Waals surface area contributed by atoms with Gasteiger partial charge in [-0.25, -0.2) is 9.37 Å². The average Bonchev–Trinajstić information content (AvgIpc) is 2.97. The van der Waals surface area contributed by atoms with E-state index in [2.05, 4.69) is 11.6 Å². The van der Waals surface area contributed by atoms with Crippen molar-refractivity contribution in [2.24, 2.45) is 0 Å². The van der Waals surface area contributed by atoms with E-state index in [1.807, 2.05) is 0 Å². The summed E-state index contributed by atoms with van der Waals surface area (Å²) in [6.07, 6.45) is 2.98. The maximum Gasteiger partial charge on any atom is 0.273 e. The van der Waals surface area contributed by atoms with Crippen LogP contribution in [-0.2, 0) is 24.4 Å². The normalized spacial score (nSPS) is 11.0. The van der Waals surface area contributed by atoms with Crippen molar-refractivity contribution in [1.29, 1.82) is 0 Å². The van der Waals surface area contributed by atoms with Gasteiger partial charge in [-0.05, 0) is 24.4 Å². The topological polar surface area (TPSA) is 60.1 Å². The maximum atomic E-state index is 13.9. The van der Waals surface area contributed by atoms with Crippen LogP contribution in [0.1, 0.15) is 5.56 Å². The lowest BCUT2D eigenvalue weighted by molar-refractivity contribution is -0.131. The quantitative estimate of drug-likeness (QED) is 0.435. The zero-order valence-electron chi connectivity index (χ0n) is 14.9. The molecule has 0 saturated heterocycles. The first kappa shape index (κ1) is 20.4. The highest BCUT2D eigenvalue weighted by Gasteiger charge is 2.17. The lowest BCUT2D eigenvalue weighted by Gasteiger charge is -2.19. The molecule has 0 bridgehead atoms. The number of allylic oxidation sites excluding steroid dienone is 1. The molecule has 0 saturated carbocycles. The van der Waals surface area contributed by atoms with Gasteiger partial charge in [-0.1, -0.05) is 35.1 Å². The fraction of sp³-hybridized carbons (Fsp3) is 0.222. The van der Waals surface area contributed by atoms with Crippen molar-refractivity contribution in [2.45, 2.75) is 19.6 Å². The molecular formula is C18H16ClFN4O2S2. The molecule has 2 heterocycles. The molecule has 2 aromatic heterocycles. The number of hydrogen-bond acceptors (Lipinski definition) is 5. The Kier molecular flexibility index (Phi) is 6.07. The van der Waals surface area contributed by atoms with Crippen molar-refractivity contribution < 1.29 is 9.18 Å². The number of likely N-dealkylation sites (N-methyl/N-ethyl adjacent to an activating group) is 1. The van der Waals surface area contributed by atoms with Crippen LogP contribution in [0.25, 0.3) is 10.3 Å². The summed E-state index contributed by atoms with van der Waals surface area (Å²) in [4.78, 5) is 30.8. The van der Waals surface area contributed by atoms with E-state index >= 15 is 0 Å². The van der Waals surface area contributed by atoms with Crippen LogP contribution in [0.2, 0.25) is 5.02 Å². The Hall–Kier alpha value is -2.36. The van der Waals surface area contributed by atoms with Crippen LogP contribution >= 0.6 is 35.2 Å². The highest BCUT2D eigenvalue weighted by Crippen LogP contribution is 2.21. The number of carbonyl (C=O) groups is 1. The number of thiazole rings is 1. The van der Waals surface area contributed by atoms with Crippen LogP contribution in [0.3, 0.4) is 0 Å². The van der Waals surface area contributed by atoms with Crippen LogP contribution in [0, 0.1) is 9.77 Å². The van der Waals surface area contributed by atoms with E-state index in [-0.39, 0.29) is 35.1 Å². The minimum Gasteiger partial charge on any atom is -0.340 e. The number of aromatic nitrogens is 3. The van der Waals surface area contributed by atoms with E-state index in [9.17, 15) is 14.0 Å². The van der Waals surface area contributed by atoms with Gasteiger partial charge in [-0.15, -0.1) is 6.58 Å². The van der Waals surface area contributed by atoms with Crippen molar-refractivity contribution in [3.05, 3.63) is 67.9 Å². The van der Waals surface area contributed by atoms with Gasteiger partial charge in [0.05, 0.1) is 0 Å². The van der Waals surface area contributed by atoms with Gasteiger partial charge in [0.2, 0.25) is 5.91 Å². The van der Waals surface area contributed by atoms with E-state index in [1.54, 1.807) is 16.7 Å². The summed E-state index contributed by atoms with van der Waals surface area (Å²) in [7, 11) is 1.52. The van der Waals surface area contributed by atoms with Gasteiger partial charge in [0.25, 0.3) is 5.56 Å². The molecular weight excluding hydrogens is 423 g/mol. The van der Waals surface area contributed by atoms with Crippen molar-refractivity contribution in [3.63, 3.8) is 0 Å². The summed E-state index contributed by atoms with van der Waals surface area (Å²) < 4.78 is 17.7. The molecule has 0 unspecified atom stereocenters. The maximum absolute atomic E-state index is 13.9. The second kappa shape index (κ2) is 8.34. The Balaban J connectivity index is 1.85. The lowest BCUT2D eigenvalue weighted by Crippen LogP contribution is -2.34. The third-order valence-electron chi connectivity index (χ3n) is 4.14. The third kappa shape index (κ3) is 3.91. The second-order valence-electron chi connectivity index (χ2n) is 6.05. The molecule has 0 aliphatic rings. The van der Waals surface area contributed by atoms with Gasteiger partial charge >= 0.3 is 0 Å². The molecule has 0 spiro atoms. The first-order valence-corrected chi connectivity index (χ1v) is 9.80. The van der Waals surface area contributed by atoms with Gasteiger partial charge in [0.15, 0.2) is 9.60 Å². The fourth-order valence-electron chi connectivity index (χ4n) is 2.65. The van der Waals surface area contributed by atoms with E-state index in [4.69, 9.17) is 23.8 Å². The largest absolute Gasteiger partial charge is 0.340 e. The molecule has 1 aromatic carbocycles. The van der Waals surface area contributed by atoms with Crippen molar-refractivity contribution in [1.82, 2.24) is 19.0 Å². The van der Waals surface area contributed by atoms with Crippen molar-refractivity contribution in [3.8, 4) is 0 Å². The second-order valence-corrected chi connectivity index (χ2v) is 8.10. The Labute approximate surface area is 174 Å². The molecule has 0 fully saturated rings.